The Bertz CT molecular complexity index is 1080. The number of anilines is 1. The summed E-state index contributed by atoms with van der Waals surface area (Å²) >= 11 is 5.88. The lowest BCUT2D eigenvalue weighted by atomic mass is 10.2. The molecule has 29 heavy (non-hydrogen) atoms. The van der Waals surface area contributed by atoms with Crippen LogP contribution in [-0.4, -0.2) is 35.9 Å². The number of benzene rings is 2. The van der Waals surface area contributed by atoms with Gasteiger partial charge in [0.1, 0.15) is 17.2 Å². The maximum absolute atomic E-state index is 12.2. The third-order valence-electron chi connectivity index (χ3n) is 4.67. The molecule has 0 amide bonds. The van der Waals surface area contributed by atoms with E-state index in [1.807, 2.05) is 29.2 Å². The Hall–Kier alpha value is -3.03. The molecule has 0 radical (unpaired) electrons. The molecule has 3 aromatic rings. The van der Waals surface area contributed by atoms with Crippen LogP contribution >= 0.6 is 11.6 Å². The van der Waals surface area contributed by atoms with Gasteiger partial charge in [0.25, 0.3) is 5.56 Å². The predicted octanol–water partition coefficient (Wildman–Crippen LogP) is 2.87. The molecule has 4 rings (SSSR count). The van der Waals surface area contributed by atoms with E-state index in [2.05, 4.69) is 4.98 Å². The molecular weight excluding hydrogens is 394 g/mol. The van der Waals surface area contributed by atoms with Crippen LogP contribution in [-0.2, 0) is 11.3 Å². The molecule has 2 aromatic carbocycles. The Kier molecular flexibility index (Phi) is 5.69. The second kappa shape index (κ2) is 8.55. The standard InChI is InChI=1S/C21H20ClN3O4/c22-16-3-7-18(8-4-16)29-17-5-1-15(2-6-17)13-25-14-19(20(26)23-21(25)27)24-9-11-28-12-10-24/h1-8,14H,9-13H2,(H,23,26,27). The van der Waals surface area contributed by atoms with Gasteiger partial charge in [-0.1, -0.05) is 23.7 Å². The van der Waals surface area contributed by atoms with Crippen molar-refractivity contribution in [3.8, 4) is 11.5 Å². The van der Waals surface area contributed by atoms with Crippen molar-refractivity contribution in [2.45, 2.75) is 6.54 Å². The number of nitrogens with zero attached hydrogens (tertiary/aromatic N) is 2. The molecule has 0 atom stereocenters. The van der Waals surface area contributed by atoms with Crippen LogP contribution in [0.3, 0.4) is 0 Å². The summed E-state index contributed by atoms with van der Waals surface area (Å²) in [5, 5.41) is 0.649. The summed E-state index contributed by atoms with van der Waals surface area (Å²) in [5.41, 5.74) is 0.583. The minimum absolute atomic E-state index is 0.341. The van der Waals surface area contributed by atoms with Crippen LogP contribution in [0.1, 0.15) is 5.56 Å². The largest absolute Gasteiger partial charge is 0.457 e. The van der Waals surface area contributed by atoms with Crippen molar-refractivity contribution >= 4 is 17.3 Å². The Morgan fingerprint density at radius 1 is 0.966 bits per heavy atom. The number of H-pyrrole nitrogens is 1. The molecule has 1 aromatic heterocycles. The van der Waals surface area contributed by atoms with Crippen molar-refractivity contribution in [3.05, 3.63) is 86.2 Å². The van der Waals surface area contributed by atoms with Gasteiger partial charge in [0.2, 0.25) is 0 Å². The smallest absolute Gasteiger partial charge is 0.328 e. The average Bonchev–Trinajstić information content (AvgIpc) is 2.74. The highest BCUT2D eigenvalue weighted by Gasteiger charge is 2.16. The molecule has 7 nitrogen and oxygen atoms in total. The Balaban J connectivity index is 1.50. The van der Waals surface area contributed by atoms with Crippen molar-refractivity contribution in [2.75, 3.05) is 31.2 Å². The van der Waals surface area contributed by atoms with E-state index in [1.165, 1.54) is 4.57 Å². The van der Waals surface area contributed by atoms with Gasteiger partial charge in [-0.15, -0.1) is 0 Å². The van der Waals surface area contributed by atoms with Gasteiger partial charge < -0.3 is 14.4 Å². The molecule has 0 aliphatic carbocycles. The van der Waals surface area contributed by atoms with Crippen LogP contribution in [0, 0.1) is 0 Å². The first-order valence-electron chi connectivity index (χ1n) is 9.27. The second-order valence-corrected chi connectivity index (χ2v) is 7.14. The highest BCUT2D eigenvalue weighted by molar-refractivity contribution is 6.30. The van der Waals surface area contributed by atoms with E-state index in [4.69, 9.17) is 21.1 Å². The normalized spacial score (nSPS) is 14.0. The summed E-state index contributed by atoms with van der Waals surface area (Å²) in [6.45, 7) is 2.71. The van der Waals surface area contributed by atoms with Crippen LogP contribution < -0.4 is 20.9 Å². The molecule has 0 unspecified atom stereocenters. The first-order chi connectivity index (χ1) is 14.1. The Labute approximate surface area is 172 Å². The molecule has 1 fully saturated rings. The molecule has 1 aliphatic heterocycles. The van der Waals surface area contributed by atoms with Crippen LogP contribution in [0.2, 0.25) is 5.02 Å². The van der Waals surface area contributed by atoms with E-state index < -0.39 is 5.69 Å². The lowest BCUT2D eigenvalue weighted by molar-refractivity contribution is 0.122. The fourth-order valence-electron chi connectivity index (χ4n) is 3.14. The van der Waals surface area contributed by atoms with Crippen molar-refractivity contribution in [1.29, 1.82) is 0 Å². The quantitative estimate of drug-likeness (QED) is 0.696. The van der Waals surface area contributed by atoms with E-state index in [0.29, 0.717) is 55.1 Å². The topological polar surface area (TPSA) is 76.6 Å². The van der Waals surface area contributed by atoms with Gasteiger partial charge in [-0.3, -0.25) is 14.3 Å². The van der Waals surface area contributed by atoms with E-state index in [-0.39, 0.29) is 5.56 Å². The van der Waals surface area contributed by atoms with E-state index in [9.17, 15) is 9.59 Å². The first kappa shape index (κ1) is 19.3. The first-order valence-corrected chi connectivity index (χ1v) is 9.65. The summed E-state index contributed by atoms with van der Waals surface area (Å²) < 4.78 is 12.6. The number of hydrogen-bond donors (Lipinski definition) is 1. The minimum atomic E-state index is -0.437. The minimum Gasteiger partial charge on any atom is -0.457 e. The highest BCUT2D eigenvalue weighted by Crippen LogP contribution is 2.23. The number of morpholine rings is 1. The van der Waals surface area contributed by atoms with E-state index >= 15 is 0 Å². The number of halogens is 1. The molecule has 0 saturated carbocycles. The van der Waals surface area contributed by atoms with Gasteiger partial charge in [-0.25, -0.2) is 4.79 Å². The van der Waals surface area contributed by atoms with Gasteiger partial charge in [0, 0.05) is 24.3 Å². The molecule has 0 spiro atoms. The van der Waals surface area contributed by atoms with Gasteiger partial charge in [-0.05, 0) is 42.0 Å². The van der Waals surface area contributed by atoms with Crippen molar-refractivity contribution in [2.24, 2.45) is 0 Å². The average molecular weight is 414 g/mol. The number of aromatic amines is 1. The van der Waals surface area contributed by atoms with E-state index in [0.717, 1.165) is 5.56 Å². The third-order valence-corrected chi connectivity index (χ3v) is 4.92. The number of ether oxygens (including phenoxy) is 2. The highest BCUT2D eigenvalue weighted by atomic mass is 35.5. The number of aromatic nitrogens is 2. The zero-order valence-electron chi connectivity index (χ0n) is 15.6. The second-order valence-electron chi connectivity index (χ2n) is 6.70. The molecule has 8 heteroatoms. The van der Waals surface area contributed by atoms with Crippen LogP contribution in [0.4, 0.5) is 5.69 Å². The summed E-state index contributed by atoms with van der Waals surface area (Å²) in [6.07, 6.45) is 1.62. The van der Waals surface area contributed by atoms with Crippen molar-refractivity contribution in [1.82, 2.24) is 9.55 Å². The van der Waals surface area contributed by atoms with Gasteiger partial charge in [0.15, 0.2) is 0 Å². The molecule has 2 heterocycles. The number of hydrogen-bond acceptors (Lipinski definition) is 5. The molecule has 1 aliphatic rings. The number of nitrogens with one attached hydrogen (secondary N) is 1. The Morgan fingerprint density at radius 3 is 2.24 bits per heavy atom. The van der Waals surface area contributed by atoms with Crippen LogP contribution in [0.15, 0.2) is 64.3 Å². The number of rotatable bonds is 5. The van der Waals surface area contributed by atoms with Crippen LogP contribution in [0.25, 0.3) is 0 Å². The van der Waals surface area contributed by atoms with Gasteiger partial charge in [-0.2, -0.15) is 0 Å². The predicted molar refractivity (Wildman–Crippen MR) is 111 cm³/mol. The summed E-state index contributed by atoms with van der Waals surface area (Å²) in [7, 11) is 0. The molecule has 1 N–H and O–H groups in total. The maximum Gasteiger partial charge on any atom is 0.328 e. The summed E-state index contributed by atoms with van der Waals surface area (Å²) in [5.74, 6) is 1.37. The fraction of sp³-hybridized carbons (Fsp3) is 0.238. The lowest BCUT2D eigenvalue weighted by Gasteiger charge is -2.28. The Morgan fingerprint density at radius 2 is 1.59 bits per heavy atom. The molecule has 0 bridgehead atoms. The van der Waals surface area contributed by atoms with Crippen LogP contribution in [0.5, 0.6) is 11.5 Å². The van der Waals surface area contributed by atoms with Crippen molar-refractivity contribution < 1.29 is 9.47 Å². The summed E-state index contributed by atoms with van der Waals surface area (Å²) in [4.78, 5) is 28.8. The lowest BCUT2D eigenvalue weighted by Crippen LogP contribution is -2.42. The van der Waals surface area contributed by atoms with E-state index in [1.54, 1.807) is 30.5 Å². The molecule has 150 valence electrons. The van der Waals surface area contributed by atoms with Crippen molar-refractivity contribution in [3.63, 3.8) is 0 Å². The van der Waals surface area contributed by atoms with Gasteiger partial charge in [0.05, 0.1) is 19.8 Å². The maximum atomic E-state index is 12.2. The van der Waals surface area contributed by atoms with Gasteiger partial charge >= 0.3 is 5.69 Å². The third kappa shape index (κ3) is 4.70. The fourth-order valence-corrected chi connectivity index (χ4v) is 3.27. The monoisotopic (exact) mass is 413 g/mol. The molecule has 1 saturated heterocycles. The summed E-state index contributed by atoms with van der Waals surface area (Å²) in [6, 6.07) is 14.6. The SMILES string of the molecule is O=c1[nH]c(=O)n(Cc2ccc(Oc3ccc(Cl)cc3)cc2)cc1N1CCOCC1. The zero-order chi connectivity index (χ0) is 20.2. The molecular formula is C21H20ClN3O4. The zero-order valence-corrected chi connectivity index (χ0v) is 16.4.